The Morgan fingerprint density at radius 2 is 2.33 bits per heavy atom. The number of hydrogen-bond donors (Lipinski definition) is 2. The lowest BCUT2D eigenvalue weighted by atomic mass is 10.1. The number of carbonyl (C=O) groups is 1. The van der Waals surface area contributed by atoms with Gasteiger partial charge in [-0.3, -0.25) is 4.79 Å². The summed E-state index contributed by atoms with van der Waals surface area (Å²) in [7, 11) is 0. The zero-order valence-electron chi connectivity index (χ0n) is 10.4. The van der Waals surface area contributed by atoms with Crippen molar-refractivity contribution < 1.29 is 9.53 Å². The summed E-state index contributed by atoms with van der Waals surface area (Å²) in [6.07, 6.45) is 4.72. The summed E-state index contributed by atoms with van der Waals surface area (Å²) in [6.45, 7) is 1.53. The maximum Gasteiger partial charge on any atom is 0.251 e. The molecule has 1 aromatic rings. The van der Waals surface area contributed by atoms with Gasteiger partial charge in [-0.25, -0.2) is 0 Å². The Morgan fingerprint density at radius 3 is 3.06 bits per heavy atom. The molecular formula is C14H19NO2S. The van der Waals surface area contributed by atoms with Gasteiger partial charge in [-0.1, -0.05) is 6.07 Å². The van der Waals surface area contributed by atoms with E-state index >= 15 is 0 Å². The van der Waals surface area contributed by atoms with Crippen LogP contribution in [0.25, 0.3) is 0 Å². The van der Waals surface area contributed by atoms with E-state index < -0.39 is 0 Å². The maximum absolute atomic E-state index is 11.9. The number of benzene rings is 1. The molecule has 0 spiro atoms. The minimum atomic E-state index is -0.0401. The summed E-state index contributed by atoms with van der Waals surface area (Å²) in [5.41, 5.74) is 0.659. The Bertz CT molecular complexity index is 403. The largest absolute Gasteiger partial charge is 0.378 e. The average molecular weight is 265 g/mol. The first-order valence-electron chi connectivity index (χ1n) is 6.44. The molecule has 1 aliphatic rings. The lowest BCUT2D eigenvalue weighted by Crippen LogP contribution is -2.29. The van der Waals surface area contributed by atoms with Crippen LogP contribution in [0, 0.1) is 0 Å². The topological polar surface area (TPSA) is 38.3 Å². The Hall–Kier alpha value is -1.00. The summed E-state index contributed by atoms with van der Waals surface area (Å²) in [6, 6.07) is 7.26. The molecule has 0 radical (unpaired) electrons. The van der Waals surface area contributed by atoms with Crippen LogP contribution in [0.3, 0.4) is 0 Å². The molecule has 1 heterocycles. The second-order valence-corrected chi connectivity index (χ2v) is 5.10. The van der Waals surface area contributed by atoms with Crippen molar-refractivity contribution in [2.24, 2.45) is 0 Å². The highest BCUT2D eigenvalue weighted by Crippen LogP contribution is 2.15. The first-order chi connectivity index (χ1) is 8.75. The van der Waals surface area contributed by atoms with Gasteiger partial charge < -0.3 is 10.1 Å². The van der Waals surface area contributed by atoms with Gasteiger partial charge in [0.05, 0.1) is 6.10 Å². The van der Waals surface area contributed by atoms with E-state index in [9.17, 15) is 4.79 Å². The normalized spacial score (nSPS) is 19.5. The second-order valence-electron chi connectivity index (χ2n) is 4.58. The number of hydrogen-bond acceptors (Lipinski definition) is 3. The van der Waals surface area contributed by atoms with Crippen LogP contribution >= 0.6 is 12.6 Å². The Balaban J connectivity index is 1.74. The third-order valence-electron chi connectivity index (χ3n) is 3.13. The van der Waals surface area contributed by atoms with Crippen molar-refractivity contribution in [2.75, 3.05) is 13.2 Å². The third kappa shape index (κ3) is 4.03. The quantitative estimate of drug-likeness (QED) is 0.821. The molecule has 1 aromatic carbocycles. The second kappa shape index (κ2) is 6.81. The zero-order chi connectivity index (χ0) is 12.8. The summed E-state index contributed by atoms with van der Waals surface area (Å²) in [5, 5.41) is 2.92. The molecule has 1 atom stereocenters. The SMILES string of the molecule is O=C(NCCC1CCCCO1)c1cccc(S)c1. The standard InChI is InChI=1S/C14H19NO2S/c16-14(11-4-3-6-13(18)10-11)15-8-7-12-5-1-2-9-17-12/h3-4,6,10,12,18H,1-2,5,7-9H2,(H,15,16). The molecule has 1 N–H and O–H groups in total. The molecule has 0 saturated carbocycles. The maximum atomic E-state index is 11.9. The van der Waals surface area contributed by atoms with Gasteiger partial charge in [0.25, 0.3) is 5.91 Å². The van der Waals surface area contributed by atoms with Gasteiger partial charge in [0, 0.05) is 23.6 Å². The number of nitrogens with one attached hydrogen (secondary N) is 1. The van der Waals surface area contributed by atoms with Crippen LogP contribution in [0.15, 0.2) is 29.2 Å². The van der Waals surface area contributed by atoms with Gasteiger partial charge in [0.1, 0.15) is 0 Å². The lowest BCUT2D eigenvalue weighted by Gasteiger charge is -2.22. The minimum absolute atomic E-state index is 0.0401. The molecule has 1 fully saturated rings. The molecule has 1 saturated heterocycles. The first-order valence-corrected chi connectivity index (χ1v) is 6.89. The molecule has 1 amide bonds. The van der Waals surface area contributed by atoms with Crippen molar-refractivity contribution in [1.82, 2.24) is 5.32 Å². The number of thiol groups is 1. The van der Waals surface area contributed by atoms with Crippen LogP contribution in [-0.4, -0.2) is 25.2 Å². The highest BCUT2D eigenvalue weighted by atomic mass is 32.1. The minimum Gasteiger partial charge on any atom is -0.378 e. The molecule has 0 aliphatic carbocycles. The zero-order valence-corrected chi connectivity index (χ0v) is 11.3. The van der Waals surface area contributed by atoms with Gasteiger partial charge in [-0.2, -0.15) is 0 Å². The van der Waals surface area contributed by atoms with Crippen LogP contribution in [0.5, 0.6) is 0 Å². The van der Waals surface area contributed by atoms with E-state index in [-0.39, 0.29) is 5.91 Å². The number of amides is 1. The fourth-order valence-corrected chi connectivity index (χ4v) is 2.36. The highest BCUT2D eigenvalue weighted by Gasteiger charge is 2.14. The summed E-state index contributed by atoms with van der Waals surface area (Å²) >= 11 is 4.22. The Morgan fingerprint density at radius 1 is 1.44 bits per heavy atom. The molecule has 1 aliphatic heterocycles. The van der Waals surface area contributed by atoms with E-state index in [1.165, 1.54) is 6.42 Å². The molecule has 1 unspecified atom stereocenters. The molecule has 0 aromatic heterocycles. The Labute approximate surface area is 113 Å². The first kappa shape index (κ1) is 13.4. The van der Waals surface area contributed by atoms with E-state index in [2.05, 4.69) is 17.9 Å². The van der Waals surface area contributed by atoms with Crippen LogP contribution in [0.2, 0.25) is 0 Å². The van der Waals surface area contributed by atoms with Crippen molar-refractivity contribution in [3.8, 4) is 0 Å². The highest BCUT2D eigenvalue weighted by molar-refractivity contribution is 7.80. The van der Waals surface area contributed by atoms with E-state index in [1.807, 2.05) is 12.1 Å². The van der Waals surface area contributed by atoms with Crippen molar-refractivity contribution in [2.45, 2.75) is 36.7 Å². The van der Waals surface area contributed by atoms with Crippen LogP contribution < -0.4 is 5.32 Å². The Kier molecular flexibility index (Phi) is 5.08. The lowest BCUT2D eigenvalue weighted by molar-refractivity contribution is 0.0117. The smallest absolute Gasteiger partial charge is 0.251 e. The number of carbonyl (C=O) groups excluding carboxylic acids is 1. The number of rotatable bonds is 4. The molecule has 2 rings (SSSR count). The molecule has 4 heteroatoms. The van der Waals surface area contributed by atoms with Crippen molar-refractivity contribution in [1.29, 1.82) is 0 Å². The summed E-state index contributed by atoms with van der Waals surface area (Å²) < 4.78 is 5.62. The molecular weight excluding hydrogens is 246 g/mol. The third-order valence-corrected chi connectivity index (χ3v) is 3.41. The van der Waals surface area contributed by atoms with Crippen LogP contribution in [-0.2, 0) is 4.74 Å². The van der Waals surface area contributed by atoms with Gasteiger partial charge >= 0.3 is 0 Å². The fourth-order valence-electron chi connectivity index (χ4n) is 2.13. The van der Waals surface area contributed by atoms with Crippen molar-refractivity contribution >= 4 is 18.5 Å². The van der Waals surface area contributed by atoms with Gasteiger partial charge in [-0.05, 0) is 43.9 Å². The van der Waals surface area contributed by atoms with Gasteiger partial charge in [0.15, 0.2) is 0 Å². The summed E-state index contributed by atoms with van der Waals surface area (Å²) in [4.78, 5) is 12.7. The predicted molar refractivity (Wildman–Crippen MR) is 74.2 cm³/mol. The van der Waals surface area contributed by atoms with E-state index in [4.69, 9.17) is 4.74 Å². The van der Waals surface area contributed by atoms with Crippen molar-refractivity contribution in [3.05, 3.63) is 29.8 Å². The number of ether oxygens (including phenoxy) is 1. The van der Waals surface area contributed by atoms with Gasteiger partial charge in [0.2, 0.25) is 0 Å². The molecule has 98 valence electrons. The molecule has 0 bridgehead atoms. The van der Waals surface area contributed by atoms with Crippen molar-refractivity contribution in [3.63, 3.8) is 0 Å². The fraction of sp³-hybridized carbons (Fsp3) is 0.500. The van der Waals surface area contributed by atoms with Crippen LogP contribution in [0.4, 0.5) is 0 Å². The van der Waals surface area contributed by atoms with Crippen LogP contribution in [0.1, 0.15) is 36.0 Å². The average Bonchev–Trinajstić information content (AvgIpc) is 2.40. The molecule has 18 heavy (non-hydrogen) atoms. The summed E-state index contributed by atoms with van der Waals surface area (Å²) in [5.74, 6) is -0.0401. The van der Waals surface area contributed by atoms with E-state index in [0.717, 1.165) is 30.8 Å². The van der Waals surface area contributed by atoms with E-state index in [1.54, 1.807) is 12.1 Å². The monoisotopic (exact) mass is 265 g/mol. The van der Waals surface area contributed by atoms with E-state index in [0.29, 0.717) is 18.2 Å². The molecule has 3 nitrogen and oxygen atoms in total. The van der Waals surface area contributed by atoms with Gasteiger partial charge in [-0.15, -0.1) is 12.6 Å². The predicted octanol–water partition coefficient (Wildman–Crippen LogP) is 2.66.